The van der Waals surface area contributed by atoms with E-state index in [0.717, 1.165) is 11.1 Å². The zero-order chi connectivity index (χ0) is 21.4. The Bertz CT molecular complexity index is 1310. The number of fused-ring (bicyclic) bond motifs is 3. The lowest BCUT2D eigenvalue weighted by Crippen LogP contribution is -2.13. The van der Waals surface area contributed by atoms with Crippen molar-refractivity contribution in [3.63, 3.8) is 0 Å². The number of carbonyl (C=O) groups is 2. The molecular weight excluding hydrogens is 387 g/mol. The number of aromatic nitrogens is 1. The number of aliphatic hydroxyl groups is 1. The molecule has 0 bridgehead atoms. The quantitative estimate of drug-likeness (QED) is 0.393. The number of carbonyl (C=O) groups excluding carboxylic acids is 2. The van der Waals surface area contributed by atoms with Crippen LogP contribution in [0.1, 0.15) is 21.5 Å². The third-order valence-electron chi connectivity index (χ3n) is 4.95. The van der Waals surface area contributed by atoms with Gasteiger partial charge in [-0.05, 0) is 54.4 Å². The maximum Gasteiger partial charge on any atom is 0.337 e. The summed E-state index contributed by atoms with van der Waals surface area (Å²) < 4.78 is 21.0. The number of benzene rings is 3. The van der Waals surface area contributed by atoms with Gasteiger partial charge in [0.15, 0.2) is 0 Å². The van der Waals surface area contributed by atoms with Crippen molar-refractivity contribution in [1.82, 2.24) is 4.57 Å². The topological polar surface area (TPSA) is 94.6 Å². The molecule has 1 heterocycles. The van der Waals surface area contributed by atoms with Gasteiger partial charge in [-0.25, -0.2) is 9.18 Å². The first-order valence-electron chi connectivity index (χ1n) is 9.30. The van der Waals surface area contributed by atoms with E-state index in [1.807, 2.05) is 23.6 Å². The maximum absolute atomic E-state index is 13.8. The molecule has 7 heteroatoms. The number of amides is 1. The average molecular weight is 406 g/mol. The summed E-state index contributed by atoms with van der Waals surface area (Å²) in [5.74, 6) is -1.56. The Hall–Kier alpha value is -3.71. The number of ether oxygens (including phenoxy) is 1. The largest absolute Gasteiger partial charge is 0.424 e. The number of aliphatic hydroxyl groups excluding tert-OH is 1. The van der Waals surface area contributed by atoms with Crippen LogP contribution in [-0.2, 0) is 11.3 Å². The highest BCUT2D eigenvalue weighted by molar-refractivity contribution is 6.20. The Morgan fingerprint density at radius 2 is 1.83 bits per heavy atom. The second kappa shape index (κ2) is 7.61. The fraction of sp³-hybridized carbons (Fsp3) is 0.130. The van der Waals surface area contributed by atoms with Gasteiger partial charge in [0.25, 0.3) is 0 Å². The fourth-order valence-corrected chi connectivity index (χ4v) is 3.79. The lowest BCUT2D eigenvalue weighted by Gasteiger charge is -2.10. The summed E-state index contributed by atoms with van der Waals surface area (Å²) in [5.41, 5.74) is 8.83. The molecule has 3 aromatic carbocycles. The summed E-state index contributed by atoms with van der Waals surface area (Å²) in [4.78, 5) is 24.0. The first kappa shape index (κ1) is 19.6. The summed E-state index contributed by atoms with van der Waals surface area (Å²) in [5, 5.41) is 10.2. The second-order valence-corrected chi connectivity index (χ2v) is 7.07. The second-order valence-electron chi connectivity index (χ2n) is 7.07. The van der Waals surface area contributed by atoms with Gasteiger partial charge in [-0.3, -0.25) is 4.79 Å². The minimum atomic E-state index is -0.815. The maximum atomic E-state index is 13.8. The number of rotatable bonds is 5. The average Bonchev–Trinajstić information content (AvgIpc) is 3.01. The SMILES string of the molecule is Cc1cc(OC(=O)CO)c2c3c(C(N)=O)cccc3n(Cc3cccc(F)c3)c2c1. The van der Waals surface area contributed by atoms with E-state index in [2.05, 4.69) is 0 Å². The van der Waals surface area contributed by atoms with Crippen LogP contribution < -0.4 is 10.5 Å². The zero-order valence-electron chi connectivity index (χ0n) is 16.2. The van der Waals surface area contributed by atoms with Gasteiger partial charge in [0.2, 0.25) is 5.91 Å². The molecule has 0 aliphatic carbocycles. The number of hydrogen-bond acceptors (Lipinski definition) is 4. The molecule has 0 unspecified atom stereocenters. The van der Waals surface area contributed by atoms with Crippen molar-refractivity contribution in [2.24, 2.45) is 5.73 Å². The Balaban J connectivity index is 2.08. The molecule has 0 radical (unpaired) electrons. The third kappa shape index (κ3) is 3.40. The highest BCUT2D eigenvalue weighted by atomic mass is 19.1. The minimum Gasteiger partial charge on any atom is -0.424 e. The van der Waals surface area contributed by atoms with Gasteiger partial charge in [-0.2, -0.15) is 0 Å². The Kier molecular flexibility index (Phi) is 4.97. The molecule has 4 rings (SSSR count). The molecule has 0 spiro atoms. The van der Waals surface area contributed by atoms with Crippen molar-refractivity contribution in [3.8, 4) is 5.75 Å². The van der Waals surface area contributed by atoms with Crippen LogP contribution in [0.2, 0.25) is 0 Å². The summed E-state index contributed by atoms with van der Waals surface area (Å²) >= 11 is 0. The van der Waals surface area contributed by atoms with Crippen molar-refractivity contribution < 1.29 is 23.8 Å². The summed E-state index contributed by atoms with van der Waals surface area (Å²) in [7, 11) is 0. The van der Waals surface area contributed by atoms with Gasteiger partial charge in [-0.1, -0.05) is 18.2 Å². The summed E-state index contributed by atoms with van der Waals surface area (Å²) in [6.07, 6.45) is 0. The predicted molar refractivity (Wildman–Crippen MR) is 111 cm³/mol. The van der Waals surface area contributed by atoms with Crippen LogP contribution in [0, 0.1) is 12.7 Å². The van der Waals surface area contributed by atoms with Gasteiger partial charge in [-0.15, -0.1) is 0 Å². The molecular formula is C23H19FN2O4. The first-order chi connectivity index (χ1) is 14.4. The number of nitrogens with two attached hydrogens (primary N) is 1. The monoisotopic (exact) mass is 406 g/mol. The molecule has 1 aromatic heterocycles. The molecule has 30 heavy (non-hydrogen) atoms. The molecule has 3 N–H and O–H groups in total. The third-order valence-corrected chi connectivity index (χ3v) is 4.95. The van der Waals surface area contributed by atoms with E-state index >= 15 is 0 Å². The normalized spacial score (nSPS) is 11.2. The highest BCUT2D eigenvalue weighted by Gasteiger charge is 2.21. The predicted octanol–water partition coefficient (Wildman–Crippen LogP) is 3.29. The summed E-state index contributed by atoms with van der Waals surface area (Å²) in [6, 6.07) is 15.0. The van der Waals surface area contributed by atoms with Crippen LogP contribution in [0.4, 0.5) is 4.39 Å². The Labute approximate surface area is 171 Å². The molecule has 152 valence electrons. The van der Waals surface area contributed by atoms with Gasteiger partial charge in [0.05, 0.1) is 16.4 Å². The molecule has 6 nitrogen and oxygen atoms in total. The Morgan fingerprint density at radius 1 is 1.07 bits per heavy atom. The standard InChI is InChI=1S/C23H19FN2O4/c1-13-8-18-22(19(9-13)30-20(28)12-27)21-16(23(25)29)6-3-7-17(21)26(18)11-14-4-2-5-15(24)10-14/h2-10,27H,11-12H2,1H3,(H2,25,29). The number of aryl methyl sites for hydroxylation is 1. The van der Waals surface area contributed by atoms with Crippen molar-refractivity contribution in [2.75, 3.05) is 6.61 Å². The number of halogens is 1. The van der Waals surface area contributed by atoms with Crippen LogP contribution in [-0.4, -0.2) is 28.2 Å². The van der Waals surface area contributed by atoms with Gasteiger partial charge in [0, 0.05) is 17.5 Å². The van der Waals surface area contributed by atoms with Crippen LogP contribution in [0.15, 0.2) is 54.6 Å². The Morgan fingerprint density at radius 3 is 2.53 bits per heavy atom. The molecule has 1 amide bonds. The number of esters is 1. The number of nitrogens with zero attached hydrogens (tertiary/aromatic N) is 1. The highest BCUT2D eigenvalue weighted by Crippen LogP contribution is 2.39. The van der Waals surface area contributed by atoms with Crippen LogP contribution in [0.25, 0.3) is 21.8 Å². The van der Waals surface area contributed by atoms with E-state index in [1.54, 1.807) is 30.3 Å². The van der Waals surface area contributed by atoms with Crippen LogP contribution in [0.5, 0.6) is 5.75 Å². The minimum absolute atomic E-state index is 0.223. The van der Waals surface area contributed by atoms with E-state index in [0.29, 0.717) is 28.4 Å². The molecule has 4 aromatic rings. The lowest BCUT2D eigenvalue weighted by molar-refractivity contribution is -0.137. The molecule has 0 atom stereocenters. The zero-order valence-corrected chi connectivity index (χ0v) is 16.2. The van der Waals surface area contributed by atoms with E-state index in [-0.39, 0.29) is 17.1 Å². The molecule has 0 aliphatic rings. The molecule has 0 aliphatic heterocycles. The van der Waals surface area contributed by atoms with Crippen LogP contribution >= 0.6 is 0 Å². The fourth-order valence-electron chi connectivity index (χ4n) is 3.79. The summed E-state index contributed by atoms with van der Waals surface area (Å²) in [6.45, 7) is 1.39. The van der Waals surface area contributed by atoms with Crippen molar-refractivity contribution in [2.45, 2.75) is 13.5 Å². The van der Waals surface area contributed by atoms with Crippen molar-refractivity contribution in [1.29, 1.82) is 0 Å². The lowest BCUT2D eigenvalue weighted by atomic mass is 10.0. The first-order valence-corrected chi connectivity index (χ1v) is 9.30. The molecule has 0 fully saturated rings. The number of primary amides is 1. The van der Waals surface area contributed by atoms with E-state index < -0.39 is 18.5 Å². The molecule has 0 saturated heterocycles. The van der Waals surface area contributed by atoms with E-state index in [4.69, 9.17) is 15.6 Å². The van der Waals surface area contributed by atoms with Crippen LogP contribution in [0.3, 0.4) is 0 Å². The number of hydrogen-bond donors (Lipinski definition) is 2. The van der Waals surface area contributed by atoms with Gasteiger partial charge < -0.3 is 20.1 Å². The van der Waals surface area contributed by atoms with Gasteiger partial charge >= 0.3 is 5.97 Å². The van der Waals surface area contributed by atoms with Crippen molar-refractivity contribution >= 4 is 33.7 Å². The van der Waals surface area contributed by atoms with Crippen molar-refractivity contribution in [3.05, 3.63) is 77.1 Å². The van der Waals surface area contributed by atoms with E-state index in [1.165, 1.54) is 12.1 Å². The van der Waals surface area contributed by atoms with Gasteiger partial charge in [0.1, 0.15) is 18.2 Å². The van der Waals surface area contributed by atoms with E-state index in [9.17, 15) is 14.0 Å². The molecule has 0 saturated carbocycles. The smallest absolute Gasteiger partial charge is 0.337 e.